The van der Waals surface area contributed by atoms with E-state index in [-0.39, 0.29) is 0 Å². The van der Waals surface area contributed by atoms with Gasteiger partial charge in [0.15, 0.2) is 0 Å². The Labute approximate surface area is 130 Å². The van der Waals surface area contributed by atoms with Crippen LogP contribution in [0.2, 0.25) is 0 Å². The zero-order valence-corrected chi connectivity index (χ0v) is 13.9. The fraction of sp³-hybridized carbons (Fsp3) is 0.667. The minimum absolute atomic E-state index is 0.712. The average Bonchev–Trinajstić information content (AvgIpc) is 2.49. The Morgan fingerprint density at radius 1 is 1.05 bits per heavy atom. The van der Waals surface area contributed by atoms with Crippen LogP contribution < -0.4 is 10.2 Å². The van der Waals surface area contributed by atoms with Gasteiger partial charge < -0.3 is 10.2 Å². The summed E-state index contributed by atoms with van der Waals surface area (Å²) >= 11 is 0. The van der Waals surface area contributed by atoms with Crippen molar-refractivity contribution < 1.29 is 0 Å². The largest absolute Gasteiger partial charge is 0.369 e. The molecule has 2 rings (SSSR count). The topological polar surface area (TPSA) is 18.5 Å². The van der Waals surface area contributed by atoms with Crippen LogP contribution in [-0.2, 0) is 6.54 Å². The van der Waals surface area contributed by atoms with E-state index in [0.717, 1.165) is 26.2 Å². The third-order valence-corrected chi connectivity index (χ3v) is 4.10. The lowest BCUT2D eigenvalue weighted by Gasteiger charge is -2.36. The molecule has 0 amide bonds. The zero-order chi connectivity index (χ0) is 15.1. The van der Waals surface area contributed by atoms with E-state index in [9.17, 15) is 0 Å². The number of piperazine rings is 1. The zero-order valence-electron chi connectivity index (χ0n) is 13.9. The van der Waals surface area contributed by atoms with Crippen LogP contribution in [0.5, 0.6) is 0 Å². The highest BCUT2D eigenvalue weighted by Gasteiger charge is 2.16. The molecule has 1 fully saturated rings. The van der Waals surface area contributed by atoms with Crippen molar-refractivity contribution in [2.75, 3.05) is 44.2 Å². The van der Waals surface area contributed by atoms with Crippen LogP contribution in [0, 0.1) is 5.92 Å². The van der Waals surface area contributed by atoms with E-state index in [1.54, 1.807) is 0 Å². The van der Waals surface area contributed by atoms with Crippen LogP contribution in [0.3, 0.4) is 0 Å². The number of anilines is 1. The monoisotopic (exact) mass is 289 g/mol. The van der Waals surface area contributed by atoms with Gasteiger partial charge in [0.05, 0.1) is 0 Å². The van der Waals surface area contributed by atoms with E-state index < -0.39 is 0 Å². The molecular formula is C18H31N3. The van der Waals surface area contributed by atoms with Crippen molar-refractivity contribution in [3.05, 3.63) is 29.8 Å². The van der Waals surface area contributed by atoms with Gasteiger partial charge in [-0.25, -0.2) is 0 Å². The molecule has 3 nitrogen and oxygen atoms in total. The van der Waals surface area contributed by atoms with Crippen molar-refractivity contribution in [2.45, 2.75) is 33.7 Å². The summed E-state index contributed by atoms with van der Waals surface area (Å²) in [5.41, 5.74) is 2.75. The fourth-order valence-electron chi connectivity index (χ4n) is 2.88. The Balaban J connectivity index is 1.79. The average molecular weight is 289 g/mol. The number of rotatable bonds is 7. The molecule has 0 saturated carbocycles. The lowest BCUT2D eigenvalue weighted by Crippen LogP contribution is -2.46. The molecular weight excluding hydrogens is 258 g/mol. The molecule has 0 aromatic heterocycles. The Morgan fingerprint density at radius 3 is 2.29 bits per heavy atom. The Kier molecular flexibility index (Phi) is 6.52. The highest BCUT2D eigenvalue weighted by molar-refractivity contribution is 5.48. The molecule has 1 aliphatic rings. The predicted molar refractivity (Wildman–Crippen MR) is 91.9 cm³/mol. The first kappa shape index (κ1) is 16.3. The Bertz CT molecular complexity index is 391. The molecule has 3 heteroatoms. The van der Waals surface area contributed by atoms with Gasteiger partial charge in [0.2, 0.25) is 0 Å². The van der Waals surface area contributed by atoms with E-state index in [1.165, 1.54) is 37.3 Å². The van der Waals surface area contributed by atoms with Crippen LogP contribution in [-0.4, -0.2) is 44.2 Å². The van der Waals surface area contributed by atoms with Crippen molar-refractivity contribution in [1.82, 2.24) is 10.2 Å². The lowest BCUT2D eigenvalue weighted by molar-refractivity contribution is 0.258. The molecule has 0 radical (unpaired) electrons. The van der Waals surface area contributed by atoms with Gasteiger partial charge in [-0.2, -0.15) is 0 Å². The van der Waals surface area contributed by atoms with Crippen molar-refractivity contribution in [2.24, 2.45) is 5.92 Å². The van der Waals surface area contributed by atoms with Gasteiger partial charge in [-0.1, -0.05) is 32.9 Å². The smallest absolute Gasteiger partial charge is 0.0367 e. The molecule has 0 aliphatic carbocycles. The molecule has 0 spiro atoms. The molecule has 1 aromatic carbocycles. The molecule has 1 aliphatic heterocycles. The number of hydrogen-bond acceptors (Lipinski definition) is 3. The summed E-state index contributed by atoms with van der Waals surface area (Å²) in [5, 5.41) is 3.50. The van der Waals surface area contributed by atoms with Crippen LogP contribution >= 0.6 is 0 Å². The third-order valence-electron chi connectivity index (χ3n) is 4.10. The van der Waals surface area contributed by atoms with Crippen molar-refractivity contribution in [1.29, 1.82) is 0 Å². The quantitative estimate of drug-likeness (QED) is 0.832. The summed E-state index contributed by atoms with van der Waals surface area (Å²) in [5.74, 6) is 0.712. The second kappa shape index (κ2) is 8.40. The van der Waals surface area contributed by atoms with Crippen LogP contribution in [0.25, 0.3) is 0 Å². The summed E-state index contributed by atoms with van der Waals surface area (Å²) in [7, 11) is 0. The standard InChI is InChI=1S/C18H31N3/c1-4-9-20-10-12-21(13-11-20)18-7-5-17(6-8-18)15-19-14-16(2)3/h5-8,16,19H,4,9-15H2,1-3H3. The van der Waals surface area contributed by atoms with Gasteiger partial charge >= 0.3 is 0 Å². The van der Waals surface area contributed by atoms with Crippen LogP contribution in [0.4, 0.5) is 5.69 Å². The van der Waals surface area contributed by atoms with Crippen LogP contribution in [0.1, 0.15) is 32.8 Å². The normalized spacial score (nSPS) is 16.7. The number of benzene rings is 1. The third kappa shape index (κ3) is 5.33. The molecule has 0 atom stereocenters. The summed E-state index contributed by atoms with van der Waals surface area (Å²) in [6.45, 7) is 14.8. The maximum Gasteiger partial charge on any atom is 0.0367 e. The van der Waals surface area contributed by atoms with Crippen molar-refractivity contribution in [3.63, 3.8) is 0 Å². The summed E-state index contributed by atoms with van der Waals surface area (Å²) in [6, 6.07) is 9.09. The van der Waals surface area contributed by atoms with Crippen molar-refractivity contribution in [3.8, 4) is 0 Å². The summed E-state index contributed by atoms with van der Waals surface area (Å²) in [6.07, 6.45) is 1.26. The van der Waals surface area contributed by atoms with Gasteiger partial charge in [-0.05, 0) is 43.1 Å². The highest BCUT2D eigenvalue weighted by Crippen LogP contribution is 2.17. The van der Waals surface area contributed by atoms with E-state index in [1.807, 2.05) is 0 Å². The maximum absolute atomic E-state index is 3.50. The minimum Gasteiger partial charge on any atom is -0.369 e. The first-order chi connectivity index (χ1) is 10.2. The second-order valence-corrected chi connectivity index (χ2v) is 6.52. The van der Waals surface area contributed by atoms with Gasteiger partial charge in [0.25, 0.3) is 0 Å². The van der Waals surface area contributed by atoms with Crippen molar-refractivity contribution >= 4 is 5.69 Å². The Hall–Kier alpha value is -1.06. The lowest BCUT2D eigenvalue weighted by atomic mass is 10.1. The van der Waals surface area contributed by atoms with Gasteiger partial charge in [0.1, 0.15) is 0 Å². The summed E-state index contributed by atoms with van der Waals surface area (Å²) < 4.78 is 0. The van der Waals surface area contributed by atoms with E-state index in [2.05, 4.69) is 60.2 Å². The minimum atomic E-state index is 0.712. The maximum atomic E-state index is 3.50. The first-order valence-electron chi connectivity index (χ1n) is 8.46. The fourth-order valence-corrected chi connectivity index (χ4v) is 2.88. The molecule has 21 heavy (non-hydrogen) atoms. The number of nitrogens with zero attached hydrogens (tertiary/aromatic N) is 2. The van der Waals surface area contributed by atoms with E-state index in [0.29, 0.717) is 5.92 Å². The van der Waals surface area contributed by atoms with E-state index in [4.69, 9.17) is 0 Å². The first-order valence-corrected chi connectivity index (χ1v) is 8.46. The number of nitrogens with one attached hydrogen (secondary N) is 1. The van der Waals surface area contributed by atoms with E-state index >= 15 is 0 Å². The summed E-state index contributed by atoms with van der Waals surface area (Å²) in [4.78, 5) is 5.08. The predicted octanol–water partition coefficient (Wildman–Crippen LogP) is 2.96. The Morgan fingerprint density at radius 2 is 1.71 bits per heavy atom. The SMILES string of the molecule is CCCN1CCN(c2ccc(CNCC(C)C)cc2)CC1. The second-order valence-electron chi connectivity index (χ2n) is 6.52. The molecule has 1 saturated heterocycles. The molecule has 118 valence electrons. The van der Waals surface area contributed by atoms with Crippen LogP contribution in [0.15, 0.2) is 24.3 Å². The van der Waals surface area contributed by atoms with Gasteiger partial charge in [-0.15, -0.1) is 0 Å². The molecule has 1 heterocycles. The van der Waals surface area contributed by atoms with Gasteiger partial charge in [0, 0.05) is 38.4 Å². The molecule has 0 unspecified atom stereocenters. The molecule has 0 bridgehead atoms. The highest BCUT2D eigenvalue weighted by atomic mass is 15.3. The van der Waals surface area contributed by atoms with Gasteiger partial charge in [-0.3, -0.25) is 4.90 Å². The molecule has 1 aromatic rings. The molecule has 1 N–H and O–H groups in total. The number of hydrogen-bond donors (Lipinski definition) is 1.